The molecule has 2 N–H and O–H groups in total. The predicted molar refractivity (Wildman–Crippen MR) is 162 cm³/mol. The van der Waals surface area contributed by atoms with Crippen LogP contribution in [0, 0.1) is 0 Å². The number of likely N-dealkylation sites (tertiary alicyclic amines) is 1. The molecule has 5 rings (SSSR count). The van der Waals surface area contributed by atoms with Crippen LogP contribution >= 0.6 is 0 Å². The number of hydrogen-bond donors (Lipinski definition) is 2. The van der Waals surface area contributed by atoms with Gasteiger partial charge in [-0.3, -0.25) is 4.31 Å². The molecule has 9 nitrogen and oxygen atoms in total. The molecule has 0 bridgehead atoms. The number of fused-ring (bicyclic) bond motifs is 1. The Bertz CT molecular complexity index is 1660. The maximum Gasteiger partial charge on any atom is 0.338 e. The van der Waals surface area contributed by atoms with Crippen molar-refractivity contribution in [1.82, 2.24) is 9.88 Å². The molecular weight excluding hydrogens is 540 g/mol. The molecule has 2 heterocycles. The zero-order valence-electron chi connectivity index (χ0n) is 23.2. The van der Waals surface area contributed by atoms with Gasteiger partial charge in [0.25, 0.3) is 0 Å². The van der Waals surface area contributed by atoms with E-state index in [2.05, 4.69) is 9.88 Å². The van der Waals surface area contributed by atoms with E-state index in [1.807, 2.05) is 30.3 Å². The highest BCUT2D eigenvalue weighted by molar-refractivity contribution is 7.92. The third-order valence-electron chi connectivity index (χ3n) is 7.17. The van der Waals surface area contributed by atoms with Gasteiger partial charge in [0.1, 0.15) is 0 Å². The van der Waals surface area contributed by atoms with E-state index >= 15 is 0 Å². The molecule has 4 aromatic rings. The van der Waals surface area contributed by atoms with Gasteiger partial charge in [-0.2, -0.15) is 0 Å². The third-order valence-corrected chi connectivity index (χ3v) is 8.36. The summed E-state index contributed by atoms with van der Waals surface area (Å²) in [5, 5.41) is 11.7. The summed E-state index contributed by atoms with van der Waals surface area (Å²) in [7, 11) is -3.47. The number of carbonyl (C=O) groups excluding carboxylic acids is 1. The largest absolute Gasteiger partial charge is 0.494 e. The van der Waals surface area contributed by atoms with Crippen molar-refractivity contribution in [3.8, 4) is 5.88 Å². The molecule has 0 saturated carbocycles. The van der Waals surface area contributed by atoms with Crippen LogP contribution < -0.4 is 4.31 Å². The first-order valence-electron chi connectivity index (χ1n) is 13.7. The summed E-state index contributed by atoms with van der Waals surface area (Å²) in [5.74, 6) is -0.518. The number of anilines is 1. The molecule has 1 aliphatic heterocycles. The van der Waals surface area contributed by atoms with Crippen molar-refractivity contribution in [2.24, 2.45) is 4.99 Å². The van der Waals surface area contributed by atoms with Crippen LogP contribution in [-0.2, 0) is 14.8 Å². The Morgan fingerprint density at radius 1 is 1.02 bits per heavy atom. The molecule has 0 amide bonds. The molecule has 0 unspecified atom stereocenters. The van der Waals surface area contributed by atoms with Crippen molar-refractivity contribution in [1.29, 1.82) is 0 Å². The van der Waals surface area contributed by atoms with Crippen molar-refractivity contribution < 1.29 is 23.1 Å². The molecule has 0 radical (unpaired) electrons. The Kier molecular flexibility index (Phi) is 8.41. The van der Waals surface area contributed by atoms with E-state index in [4.69, 9.17) is 9.73 Å². The Labute approximate surface area is 240 Å². The molecule has 0 atom stereocenters. The van der Waals surface area contributed by atoms with Gasteiger partial charge in [-0.25, -0.2) is 18.2 Å². The van der Waals surface area contributed by atoms with E-state index in [1.165, 1.54) is 10.6 Å². The topological polar surface area (TPSA) is 115 Å². The van der Waals surface area contributed by atoms with Crippen LogP contribution in [0.3, 0.4) is 0 Å². The van der Waals surface area contributed by atoms with Crippen molar-refractivity contribution >= 4 is 44.0 Å². The lowest BCUT2D eigenvalue weighted by Crippen LogP contribution is -2.37. The van der Waals surface area contributed by atoms with E-state index in [0.29, 0.717) is 52.2 Å². The van der Waals surface area contributed by atoms with E-state index in [-0.39, 0.29) is 12.5 Å². The highest BCUT2D eigenvalue weighted by Gasteiger charge is 2.22. The number of ether oxygens (including phenoxy) is 1. The van der Waals surface area contributed by atoms with Gasteiger partial charge in [-0.1, -0.05) is 36.4 Å². The fourth-order valence-electron chi connectivity index (χ4n) is 5.17. The van der Waals surface area contributed by atoms with Crippen LogP contribution in [0.5, 0.6) is 5.88 Å². The highest BCUT2D eigenvalue weighted by atomic mass is 32.2. The van der Waals surface area contributed by atoms with Crippen LogP contribution in [-0.4, -0.2) is 74.1 Å². The summed E-state index contributed by atoms with van der Waals surface area (Å²) in [6.45, 7) is 5.08. The van der Waals surface area contributed by atoms with Crippen LogP contribution in [0.4, 0.5) is 11.4 Å². The van der Waals surface area contributed by atoms with Gasteiger partial charge in [0.05, 0.1) is 41.1 Å². The number of hydrogen-bond acceptors (Lipinski definition) is 7. The highest BCUT2D eigenvalue weighted by Crippen LogP contribution is 2.33. The molecule has 0 aliphatic carbocycles. The minimum atomic E-state index is -3.47. The number of nitrogens with one attached hydrogen (secondary N) is 1. The summed E-state index contributed by atoms with van der Waals surface area (Å²) in [5.41, 5.74) is 3.93. The fourth-order valence-corrected chi connectivity index (χ4v) is 6.09. The zero-order chi connectivity index (χ0) is 29.0. The van der Waals surface area contributed by atoms with Gasteiger partial charge in [-0.15, -0.1) is 0 Å². The van der Waals surface area contributed by atoms with E-state index < -0.39 is 16.0 Å². The van der Waals surface area contributed by atoms with Crippen molar-refractivity contribution in [3.63, 3.8) is 0 Å². The Morgan fingerprint density at radius 3 is 2.39 bits per heavy atom. The van der Waals surface area contributed by atoms with Crippen LogP contribution in [0.15, 0.2) is 77.8 Å². The molecule has 214 valence electrons. The molecule has 3 aromatic carbocycles. The molecule has 10 heteroatoms. The second kappa shape index (κ2) is 12.2. The molecular formula is C31H34N4O5S. The second-order valence-corrected chi connectivity index (χ2v) is 12.0. The number of aromatic hydroxyl groups is 1. The van der Waals surface area contributed by atoms with E-state index in [1.54, 1.807) is 49.4 Å². The number of carbonyl (C=O) groups is 1. The smallest absolute Gasteiger partial charge is 0.338 e. The Morgan fingerprint density at radius 2 is 1.73 bits per heavy atom. The van der Waals surface area contributed by atoms with Crippen molar-refractivity contribution in [2.45, 2.75) is 19.8 Å². The maximum absolute atomic E-state index is 12.6. The number of H-pyrrole nitrogens is 1. The number of sulfonamides is 1. The molecule has 1 aromatic heterocycles. The zero-order valence-corrected chi connectivity index (χ0v) is 24.0. The lowest BCUT2D eigenvalue weighted by atomic mass is 10.00. The monoisotopic (exact) mass is 574 g/mol. The van der Waals surface area contributed by atoms with Gasteiger partial charge >= 0.3 is 5.97 Å². The first kappa shape index (κ1) is 28.4. The minimum Gasteiger partial charge on any atom is -0.494 e. The van der Waals surface area contributed by atoms with Crippen LogP contribution in [0.1, 0.15) is 41.3 Å². The summed E-state index contributed by atoms with van der Waals surface area (Å²) in [4.78, 5) is 22.4. The number of aliphatic imine (C=N–C) groups is 1. The van der Waals surface area contributed by atoms with Crippen molar-refractivity contribution in [3.05, 3.63) is 89.5 Å². The average molecular weight is 575 g/mol. The number of aromatic amines is 1. The summed E-state index contributed by atoms with van der Waals surface area (Å²) < 4.78 is 31.8. The van der Waals surface area contributed by atoms with Gasteiger partial charge in [0.2, 0.25) is 10.0 Å². The summed E-state index contributed by atoms with van der Waals surface area (Å²) in [6.07, 6.45) is 3.52. The quantitative estimate of drug-likeness (QED) is 0.202. The third kappa shape index (κ3) is 6.44. The molecule has 1 fully saturated rings. The fraction of sp³-hybridized carbons (Fsp3) is 0.290. The summed E-state index contributed by atoms with van der Waals surface area (Å²) in [6, 6.07) is 21.6. The molecule has 1 saturated heterocycles. The lowest BCUT2D eigenvalue weighted by Gasteiger charge is -2.25. The van der Waals surface area contributed by atoms with Gasteiger partial charge in [0.15, 0.2) is 5.88 Å². The standard InChI is InChI=1S/C31H34N4O5S/c1-3-40-31(37)23-11-16-26-27(21-23)33-30(36)28(26)29(22-9-5-4-6-10-22)32-24-12-14-25(15-13-24)35(41(2,38)39)20-19-34-17-7-8-18-34/h4-6,9-16,21,33,36H,3,7-8,17-20H2,1-2H3. The van der Waals surface area contributed by atoms with Crippen molar-refractivity contribution in [2.75, 3.05) is 43.3 Å². The first-order chi connectivity index (χ1) is 19.7. The molecule has 41 heavy (non-hydrogen) atoms. The average Bonchev–Trinajstić information content (AvgIpc) is 3.59. The normalized spacial score (nSPS) is 14.4. The van der Waals surface area contributed by atoms with Crippen LogP contribution in [0.25, 0.3) is 10.9 Å². The molecule has 1 aliphatic rings. The molecule has 0 spiro atoms. The number of nitrogens with zero attached hydrogens (tertiary/aromatic N) is 3. The SMILES string of the molecule is CCOC(=O)c1ccc2c(C(=Nc3ccc(N(CCN4CCCC4)S(C)(=O)=O)cc3)c3ccccc3)c(O)[nH]c2c1. The number of benzene rings is 3. The van der Waals surface area contributed by atoms with Gasteiger partial charge < -0.3 is 19.7 Å². The van der Waals surface area contributed by atoms with Gasteiger partial charge in [0, 0.05) is 29.6 Å². The number of esters is 1. The summed E-state index contributed by atoms with van der Waals surface area (Å²) >= 11 is 0. The van der Waals surface area contributed by atoms with E-state index in [9.17, 15) is 18.3 Å². The minimum absolute atomic E-state index is 0.0783. The van der Waals surface area contributed by atoms with Crippen LogP contribution in [0.2, 0.25) is 0 Å². The van der Waals surface area contributed by atoms with Gasteiger partial charge in [-0.05, 0) is 69.3 Å². The maximum atomic E-state index is 12.6. The first-order valence-corrected chi connectivity index (χ1v) is 15.6. The van der Waals surface area contributed by atoms with E-state index in [0.717, 1.165) is 31.5 Å². The Hall–Kier alpha value is -4.15. The predicted octanol–water partition coefficient (Wildman–Crippen LogP) is 5.08. The number of rotatable bonds is 10. The number of aromatic nitrogens is 1. The second-order valence-electron chi connectivity index (χ2n) is 10.1. The lowest BCUT2D eigenvalue weighted by molar-refractivity contribution is 0.0526. The Balaban J connectivity index is 1.51.